The van der Waals surface area contributed by atoms with Gasteiger partial charge in [-0.2, -0.15) is 0 Å². The topological polar surface area (TPSA) is 21.7 Å². The number of benzene rings is 1. The van der Waals surface area contributed by atoms with Gasteiger partial charge in [0.25, 0.3) is 0 Å². The monoisotopic (exact) mass is 327 g/mol. The maximum Gasteiger partial charge on any atom is 0.496 e. The molecule has 0 spiro atoms. The van der Waals surface area contributed by atoms with Crippen LogP contribution in [0.4, 0.5) is 5.69 Å². The highest BCUT2D eigenvalue weighted by Crippen LogP contribution is 2.42. The normalized spacial score (nSPS) is 26.0. The van der Waals surface area contributed by atoms with Crippen molar-refractivity contribution < 1.29 is 9.31 Å². The first-order valence-corrected chi connectivity index (χ1v) is 9.62. The molecule has 0 aromatic heterocycles. The van der Waals surface area contributed by atoms with Crippen molar-refractivity contribution >= 4 is 18.3 Å². The summed E-state index contributed by atoms with van der Waals surface area (Å²) in [6, 6.07) is 6.98. The molecule has 4 heteroatoms. The van der Waals surface area contributed by atoms with E-state index in [2.05, 4.69) is 50.8 Å². The molecule has 0 atom stereocenters. The van der Waals surface area contributed by atoms with Gasteiger partial charge in [0.1, 0.15) is 0 Å². The molecule has 2 saturated heterocycles. The third-order valence-electron chi connectivity index (χ3n) is 6.31. The van der Waals surface area contributed by atoms with Gasteiger partial charge < -0.3 is 14.2 Å². The molecule has 0 bridgehead atoms. The summed E-state index contributed by atoms with van der Waals surface area (Å²) in [5, 5.41) is 0. The Morgan fingerprint density at radius 2 is 1.58 bits per heavy atom. The van der Waals surface area contributed by atoms with E-state index in [1.165, 1.54) is 48.8 Å². The molecule has 0 radical (unpaired) electrons. The Morgan fingerprint density at radius 1 is 0.958 bits per heavy atom. The average Bonchev–Trinajstić information content (AvgIpc) is 3.36. The first kappa shape index (κ1) is 16.5. The highest BCUT2D eigenvalue weighted by Gasteiger charge is 2.52. The van der Waals surface area contributed by atoms with Crippen LogP contribution in [0.1, 0.15) is 71.3 Å². The molecule has 2 heterocycles. The molecule has 2 aliphatic heterocycles. The van der Waals surface area contributed by atoms with E-state index in [9.17, 15) is 0 Å². The van der Waals surface area contributed by atoms with Gasteiger partial charge in [-0.1, -0.05) is 12.1 Å². The van der Waals surface area contributed by atoms with Crippen LogP contribution in [0.15, 0.2) is 18.2 Å². The summed E-state index contributed by atoms with van der Waals surface area (Å²) < 4.78 is 12.7. The maximum atomic E-state index is 6.35. The van der Waals surface area contributed by atoms with Crippen molar-refractivity contribution in [1.29, 1.82) is 0 Å². The number of nitrogens with zero attached hydrogens (tertiary/aromatic N) is 1. The van der Waals surface area contributed by atoms with E-state index in [4.69, 9.17) is 9.31 Å². The fourth-order valence-corrected chi connectivity index (χ4v) is 3.81. The highest BCUT2D eigenvalue weighted by molar-refractivity contribution is 6.64. The molecular weight excluding hydrogens is 297 g/mol. The fraction of sp³-hybridized carbons (Fsp3) is 0.700. The summed E-state index contributed by atoms with van der Waals surface area (Å²) in [7, 11) is -0.264. The van der Waals surface area contributed by atoms with Crippen LogP contribution in [0, 0.1) is 0 Å². The SMILES string of the molecule is CC1(C)OB(c2ccc(C3CC3)cc2N2CCCCC2)OC1(C)C. The van der Waals surface area contributed by atoms with E-state index in [0.29, 0.717) is 0 Å². The Hall–Kier alpha value is -0.995. The maximum absolute atomic E-state index is 6.35. The number of rotatable bonds is 3. The van der Waals surface area contributed by atoms with Crippen LogP contribution in [0.5, 0.6) is 0 Å². The van der Waals surface area contributed by atoms with Crippen molar-refractivity contribution in [3.63, 3.8) is 0 Å². The molecule has 3 aliphatic rings. The molecule has 1 aromatic rings. The van der Waals surface area contributed by atoms with Gasteiger partial charge in [0.15, 0.2) is 0 Å². The summed E-state index contributed by atoms with van der Waals surface area (Å²) in [5.41, 5.74) is 3.48. The summed E-state index contributed by atoms with van der Waals surface area (Å²) >= 11 is 0. The second-order valence-corrected chi connectivity index (χ2v) is 8.73. The smallest absolute Gasteiger partial charge is 0.399 e. The molecule has 0 unspecified atom stereocenters. The minimum absolute atomic E-state index is 0.264. The molecule has 1 aromatic carbocycles. The van der Waals surface area contributed by atoms with Gasteiger partial charge in [-0.25, -0.2) is 0 Å². The van der Waals surface area contributed by atoms with Gasteiger partial charge in [-0.05, 0) is 77.3 Å². The Morgan fingerprint density at radius 3 is 2.17 bits per heavy atom. The van der Waals surface area contributed by atoms with Gasteiger partial charge >= 0.3 is 7.12 Å². The summed E-state index contributed by atoms with van der Waals surface area (Å²) in [5.74, 6) is 0.779. The zero-order valence-electron chi connectivity index (χ0n) is 15.6. The van der Waals surface area contributed by atoms with Crippen LogP contribution < -0.4 is 10.4 Å². The van der Waals surface area contributed by atoms with E-state index in [1.54, 1.807) is 0 Å². The lowest BCUT2D eigenvalue weighted by atomic mass is 9.76. The van der Waals surface area contributed by atoms with E-state index in [1.807, 2.05) is 0 Å². The van der Waals surface area contributed by atoms with Crippen LogP contribution in [0.25, 0.3) is 0 Å². The predicted molar refractivity (Wildman–Crippen MR) is 100 cm³/mol. The zero-order chi connectivity index (χ0) is 16.9. The standard InChI is InChI=1S/C20H30BNO2/c1-19(2)20(3,4)24-21(23-19)17-11-10-16(15-8-9-15)14-18(17)22-12-6-5-7-13-22/h10-11,14-15H,5-9,12-13H2,1-4H3. The first-order chi connectivity index (χ1) is 11.4. The Balaban J connectivity index is 1.69. The molecule has 1 saturated carbocycles. The molecule has 3 nitrogen and oxygen atoms in total. The largest absolute Gasteiger partial charge is 0.496 e. The van der Waals surface area contributed by atoms with Crippen LogP contribution in [-0.4, -0.2) is 31.4 Å². The number of piperidine rings is 1. The molecule has 130 valence electrons. The van der Waals surface area contributed by atoms with Crippen molar-refractivity contribution in [3.8, 4) is 0 Å². The summed E-state index contributed by atoms with van der Waals surface area (Å²) in [4.78, 5) is 2.55. The lowest BCUT2D eigenvalue weighted by Crippen LogP contribution is -2.41. The van der Waals surface area contributed by atoms with E-state index >= 15 is 0 Å². The molecule has 0 amide bonds. The predicted octanol–water partition coefficient (Wildman–Crippen LogP) is 3.85. The van der Waals surface area contributed by atoms with Crippen molar-refractivity contribution in [2.24, 2.45) is 0 Å². The average molecular weight is 327 g/mol. The van der Waals surface area contributed by atoms with E-state index in [0.717, 1.165) is 19.0 Å². The Labute approximate surface area is 146 Å². The number of hydrogen-bond acceptors (Lipinski definition) is 3. The second-order valence-electron chi connectivity index (χ2n) is 8.73. The van der Waals surface area contributed by atoms with Gasteiger partial charge in [0.05, 0.1) is 11.2 Å². The van der Waals surface area contributed by atoms with Crippen molar-refractivity contribution in [2.45, 2.75) is 76.9 Å². The van der Waals surface area contributed by atoms with E-state index < -0.39 is 0 Å². The molecule has 3 fully saturated rings. The minimum atomic E-state index is -0.286. The van der Waals surface area contributed by atoms with Gasteiger partial charge in [-0.3, -0.25) is 0 Å². The van der Waals surface area contributed by atoms with Crippen LogP contribution in [-0.2, 0) is 9.31 Å². The highest BCUT2D eigenvalue weighted by atomic mass is 16.7. The van der Waals surface area contributed by atoms with Gasteiger partial charge in [-0.15, -0.1) is 0 Å². The van der Waals surface area contributed by atoms with Crippen molar-refractivity contribution in [1.82, 2.24) is 0 Å². The Kier molecular flexibility index (Phi) is 3.96. The molecule has 0 N–H and O–H groups in total. The van der Waals surface area contributed by atoms with Gasteiger partial charge in [0, 0.05) is 24.2 Å². The number of anilines is 1. The molecule has 1 aliphatic carbocycles. The van der Waals surface area contributed by atoms with Crippen LogP contribution >= 0.6 is 0 Å². The molecule has 4 rings (SSSR count). The van der Waals surface area contributed by atoms with E-state index in [-0.39, 0.29) is 18.3 Å². The molecular formula is C20H30BNO2. The lowest BCUT2D eigenvalue weighted by molar-refractivity contribution is 0.00578. The first-order valence-electron chi connectivity index (χ1n) is 9.62. The zero-order valence-corrected chi connectivity index (χ0v) is 15.6. The Bertz CT molecular complexity index is 602. The van der Waals surface area contributed by atoms with Crippen LogP contribution in [0.2, 0.25) is 0 Å². The quantitative estimate of drug-likeness (QED) is 0.787. The lowest BCUT2D eigenvalue weighted by Gasteiger charge is -2.32. The summed E-state index contributed by atoms with van der Waals surface area (Å²) in [6.45, 7) is 10.8. The fourth-order valence-electron chi connectivity index (χ4n) is 3.81. The van der Waals surface area contributed by atoms with Gasteiger partial charge in [0.2, 0.25) is 0 Å². The minimum Gasteiger partial charge on any atom is -0.399 e. The number of hydrogen-bond donors (Lipinski definition) is 0. The third-order valence-corrected chi connectivity index (χ3v) is 6.31. The second kappa shape index (κ2) is 5.77. The van der Waals surface area contributed by atoms with Crippen molar-refractivity contribution in [3.05, 3.63) is 23.8 Å². The van der Waals surface area contributed by atoms with Crippen molar-refractivity contribution in [2.75, 3.05) is 18.0 Å². The third kappa shape index (κ3) is 2.88. The van der Waals surface area contributed by atoms with Crippen LogP contribution in [0.3, 0.4) is 0 Å². The summed E-state index contributed by atoms with van der Waals surface area (Å²) in [6.07, 6.45) is 6.61. The molecule has 24 heavy (non-hydrogen) atoms.